The summed E-state index contributed by atoms with van der Waals surface area (Å²) in [6.45, 7) is 0. The number of anilines is 1. The average Bonchev–Trinajstić information content (AvgIpc) is 2.98. The Morgan fingerprint density at radius 1 is 1.50 bits per heavy atom. The summed E-state index contributed by atoms with van der Waals surface area (Å²) in [5.41, 5.74) is 10.2. The SMILES string of the molecule is CO/N=C(\C(=O)N[C@@H]1C(=O)N(S(=O)(=O)O)[C@H]1C=CC(N)=O)c1csc(N)n1.[NaH]. The van der Waals surface area contributed by atoms with Gasteiger partial charge in [0.15, 0.2) is 10.8 Å². The van der Waals surface area contributed by atoms with E-state index in [4.69, 9.17) is 16.0 Å². The molecule has 2 rings (SSSR count). The van der Waals surface area contributed by atoms with E-state index in [-0.39, 0.29) is 50.4 Å². The Kier molecular flexibility index (Phi) is 8.09. The van der Waals surface area contributed by atoms with Gasteiger partial charge in [0.25, 0.3) is 11.8 Å². The van der Waals surface area contributed by atoms with Crippen molar-refractivity contribution in [2.45, 2.75) is 12.1 Å². The molecule has 0 bridgehead atoms. The second-order valence-corrected chi connectivity index (χ2v) is 7.19. The molecule has 1 aromatic rings. The van der Waals surface area contributed by atoms with Crippen LogP contribution in [0.15, 0.2) is 22.7 Å². The molecule has 1 aromatic heterocycles. The number of aromatic nitrogens is 1. The van der Waals surface area contributed by atoms with E-state index >= 15 is 0 Å². The van der Waals surface area contributed by atoms with Crippen LogP contribution >= 0.6 is 11.3 Å². The maximum absolute atomic E-state index is 12.4. The number of β-lactam (4-membered cyclic amide) rings is 1. The normalized spacial score (nSPS) is 19.7. The van der Waals surface area contributed by atoms with Gasteiger partial charge in [-0.1, -0.05) is 11.2 Å². The predicted molar refractivity (Wildman–Crippen MR) is 99.7 cm³/mol. The monoisotopic (exact) mass is 442 g/mol. The standard InChI is InChI=1S/C12H14N6O7S2.Na.H/c1-25-17-8(5-4-26-12(14)15-5)10(20)16-9-6(2-3-7(13)19)18(11(9)21)27(22,23)24;;/h2-4,6,9H,1H3,(H2,13,19)(H2,14,15)(H,16,20)(H,22,23,24);;/b3-2?,17-8-;;/t6-,9-;;/m0../s1. The van der Waals surface area contributed by atoms with Gasteiger partial charge >= 0.3 is 39.9 Å². The first-order chi connectivity index (χ1) is 12.6. The van der Waals surface area contributed by atoms with Gasteiger partial charge in [0.1, 0.15) is 18.8 Å². The molecule has 1 aliphatic rings. The first-order valence-corrected chi connectivity index (χ1v) is 9.25. The Morgan fingerprint density at radius 3 is 2.61 bits per heavy atom. The molecule has 1 aliphatic heterocycles. The summed E-state index contributed by atoms with van der Waals surface area (Å²) in [7, 11) is -3.74. The minimum absolute atomic E-state index is 0. The third kappa shape index (κ3) is 5.27. The van der Waals surface area contributed by atoms with Gasteiger partial charge in [0.2, 0.25) is 5.91 Å². The molecule has 0 spiro atoms. The van der Waals surface area contributed by atoms with E-state index in [0.29, 0.717) is 0 Å². The van der Waals surface area contributed by atoms with E-state index in [1.54, 1.807) is 0 Å². The van der Waals surface area contributed by atoms with Gasteiger partial charge in [-0.15, -0.1) is 11.3 Å². The van der Waals surface area contributed by atoms with Gasteiger partial charge in [0.05, 0.1) is 6.04 Å². The molecule has 16 heteroatoms. The summed E-state index contributed by atoms with van der Waals surface area (Å²) in [6.07, 6.45) is 1.75. The fraction of sp³-hybridized carbons (Fsp3) is 0.250. The molecule has 0 saturated carbocycles. The summed E-state index contributed by atoms with van der Waals surface area (Å²) in [6, 6.07) is -2.78. The molecule has 1 saturated heterocycles. The molecule has 0 radical (unpaired) electrons. The van der Waals surface area contributed by atoms with E-state index in [9.17, 15) is 22.8 Å². The van der Waals surface area contributed by atoms with Gasteiger partial charge in [0, 0.05) is 11.5 Å². The minimum atomic E-state index is -4.91. The molecule has 6 N–H and O–H groups in total. The number of oxime groups is 1. The first kappa shape index (κ1) is 24.0. The first-order valence-electron chi connectivity index (χ1n) is 6.98. The summed E-state index contributed by atoms with van der Waals surface area (Å²) in [5, 5.41) is 7.33. The van der Waals surface area contributed by atoms with Crippen LogP contribution in [0.2, 0.25) is 0 Å². The number of thiazole rings is 1. The van der Waals surface area contributed by atoms with Crippen LogP contribution in [-0.2, 0) is 29.5 Å². The van der Waals surface area contributed by atoms with Gasteiger partial charge in [-0.05, 0) is 0 Å². The van der Waals surface area contributed by atoms with Crippen molar-refractivity contribution in [2.75, 3.05) is 12.8 Å². The summed E-state index contributed by atoms with van der Waals surface area (Å²) >= 11 is 1.03. The number of carbonyl (C=O) groups is 3. The number of primary amides is 1. The van der Waals surface area contributed by atoms with Crippen molar-refractivity contribution < 1.29 is 32.2 Å². The van der Waals surface area contributed by atoms with Crippen molar-refractivity contribution in [3.8, 4) is 0 Å². The van der Waals surface area contributed by atoms with Crippen LogP contribution in [0.1, 0.15) is 5.69 Å². The zero-order valence-corrected chi connectivity index (χ0v) is 15.2. The molecule has 2 heterocycles. The molecular weight excluding hydrogens is 427 g/mol. The van der Waals surface area contributed by atoms with Crippen LogP contribution in [0.4, 0.5) is 5.13 Å². The van der Waals surface area contributed by atoms with E-state index < -0.39 is 40.1 Å². The fourth-order valence-electron chi connectivity index (χ4n) is 2.18. The van der Waals surface area contributed by atoms with Crippen LogP contribution < -0.4 is 16.8 Å². The Morgan fingerprint density at radius 2 is 2.14 bits per heavy atom. The van der Waals surface area contributed by atoms with E-state index in [1.807, 2.05) is 0 Å². The molecule has 148 valence electrons. The van der Waals surface area contributed by atoms with Crippen molar-refractivity contribution in [3.63, 3.8) is 0 Å². The van der Waals surface area contributed by atoms with E-state index in [2.05, 4.69) is 20.3 Å². The third-order valence-electron chi connectivity index (χ3n) is 3.25. The molecule has 2 atom stereocenters. The van der Waals surface area contributed by atoms with Gasteiger partial charge in [-0.25, -0.2) is 9.29 Å². The zero-order chi connectivity index (χ0) is 20.4. The number of carbonyl (C=O) groups excluding carboxylic acids is 3. The topological polar surface area (TPSA) is 207 Å². The molecule has 0 aromatic carbocycles. The Balaban J connectivity index is 0.00000392. The van der Waals surface area contributed by atoms with Crippen LogP contribution in [0.25, 0.3) is 0 Å². The summed E-state index contributed by atoms with van der Waals surface area (Å²) < 4.78 is 31.8. The van der Waals surface area contributed by atoms with Crippen LogP contribution in [-0.4, -0.2) is 94.4 Å². The number of rotatable bonds is 7. The zero-order valence-electron chi connectivity index (χ0n) is 13.6. The molecule has 0 unspecified atom stereocenters. The van der Waals surface area contributed by atoms with Crippen molar-refractivity contribution in [3.05, 3.63) is 23.2 Å². The number of nitrogen functional groups attached to an aromatic ring is 1. The number of amides is 3. The number of hydrogen-bond donors (Lipinski definition) is 4. The van der Waals surface area contributed by atoms with E-state index in [1.165, 1.54) is 12.5 Å². The second kappa shape index (κ2) is 9.44. The van der Waals surface area contributed by atoms with Crippen molar-refractivity contribution in [1.82, 2.24) is 14.6 Å². The number of nitrogens with two attached hydrogens (primary N) is 2. The quantitative estimate of drug-likeness (QED) is 0.0844. The van der Waals surface area contributed by atoms with Crippen molar-refractivity contribution in [2.24, 2.45) is 10.9 Å². The molecule has 28 heavy (non-hydrogen) atoms. The van der Waals surface area contributed by atoms with Crippen molar-refractivity contribution in [1.29, 1.82) is 0 Å². The summed E-state index contributed by atoms with van der Waals surface area (Å²) in [4.78, 5) is 43.8. The number of nitrogens with one attached hydrogen (secondary N) is 1. The van der Waals surface area contributed by atoms with E-state index in [0.717, 1.165) is 23.5 Å². The molecule has 0 aliphatic carbocycles. The third-order valence-corrected chi connectivity index (χ3v) is 4.85. The Bertz CT molecular complexity index is 944. The Labute approximate surface area is 184 Å². The fourth-order valence-corrected chi connectivity index (χ4v) is 3.57. The van der Waals surface area contributed by atoms with Gasteiger partial charge in [-0.2, -0.15) is 8.42 Å². The van der Waals surface area contributed by atoms with Crippen LogP contribution in [0.3, 0.4) is 0 Å². The summed E-state index contributed by atoms with van der Waals surface area (Å²) in [5.74, 6) is -2.97. The number of hydrogen-bond acceptors (Lipinski definition) is 10. The second-order valence-electron chi connectivity index (χ2n) is 5.01. The van der Waals surface area contributed by atoms with Crippen LogP contribution in [0, 0.1) is 0 Å². The predicted octanol–water partition coefficient (Wildman–Crippen LogP) is -3.03. The molecule has 1 fully saturated rings. The maximum atomic E-state index is 12.4. The van der Waals surface area contributed by atoms with Crippen LogP contribution in [0.5, 0.6) is 0 Å². The number of nitrogens with zero attached hydrogens (tertiary/aromatic N) is 3. The Hall–Kier alpha value is -2.04. The van der Waals surface area contributed by atoms with Gasteiger partial charge in [-0.3, -0.25) is 18.9 Å². The van der Waals surface area contributed by atoms with Gasteiger partial charge < -0.3 is 21.6 Å². The van der Waals surface area contributed by atoms with Crippen molar-refractivity contribution >= 4 is 79.8 Å². The molecule has 3 amide bonds. The molecule has 13 nitrogen and oxygen atoms in total. The molecular formula is C12H15N6NaO7S2. The average molecular weight is 442 g/mol.